The standard InChI is InChI=1S/C19H22N2O2/c22-19(12-16-10-11-23-14-16)21-18-8-6-15(7-9-18)13-20-17-4-2-1-3-5-17/h1-9,16,20H,10-14H2,(H,21,22)/t16-/m1/s1. The highest BCUT2D eigenvalue weighted by molar-refractivity contribution is 5.90. The summed E-state index contributed by atoms with van der Waals surface area (Å²) in [5, 5.41) is 6.32. The lowest BCUT2D eigenvalue weighted by Gasteiger charge is -2.10. The van der Waals surface area contributed by atoms with Gasteiger partial charge in [-0.3, -0.25) is 4.79 Å². The zero-order valence-electron chi connectivity index (χ0n) is 13.1. The Morgan fingerprint density at radius 2 is 1.83 bits per heavy atom. The number of amides is 1. The number of carbonyl (C=O) groups is 1. The molecule has 120 valence electrons. The highest BCUT2D eigenvalue weighted by Gasteiger charge is 2.18. The molecule has 1 atom stereocenters. The van der Waals surface area contributed by atoms with Crippen LogP contribution in [-0.2, 0) is 16.1 Å². The molecule has 0 spiro atoms. The first-order valence-corrected chi connectivity index (χ1v) is 8.05. The van der Waals surface area contributed by atoms with Crippen LogP contribution in [0, 0.1) is 5.92 Å². The summed E-state index contributed by atoms with van der Waals surface area (Å²) in [6.45, 7) is 2.25. The zero-order chi connectivity index (χ0) is 15.9. The molecule has 1 saturated heterocycles. The lowest BCUT2D eigenvalue weighted by atomic mass is 10.0. The average Bonchev–Trinajstić information content (AvgIpc) is 3.08. The predicted octanol–water partition coefficient (Wildman–Crippen LogP) is 3.66. The third-order valence-corrected chi connectivity index (χ3v) is 4.01. The molecule has 0 aromatic heterocycles. The van der Waals surface area contributed by atoms with Crippen molar-refractivity contribution >= 4 is 17.3 Å². The van der Waals surface area contributed by atoms with Crippen molar-refractivity contribution in [2.75, 3.05) is 23.8 Å². The summed E-state index contributed by atoms with van der Waals surface area (Å²) >= 11 is 0. The number of carbonyl (C=O) groups excluding carboxylic acids is 1. The van der Waals surface area contributed by atoms with E-state index in [0.29, 0.717) is 18.9 Å². The molecule has 2 aromatic rings. The number of benzene rings is 2. The van der Waals surface area contributed by atoms with Crippen LogP contribution in [0.5, 0.6) is 0 Å². The Hall–Kier alpha value is -2.33. The molecule has 1 aliphatic heterocycles. The fourth-order valence-electron chi connectivity index (χ4n) is 2.68. The van der Waals surface area contributed by atoms with E-state index in [0.717, 1.165) is 30.9 Å². The summed E-state index contributed by atoms with van der Waals surface area (Å²) in [5.41, 5.74) is 3.12. The zero-order valence-corrected chi connectivity index (χ0v) is 13.1. The molecule has 0 bridgehead atoms. The van der Waals surface area contributed by atoms with E-state index < -0.39 is 0 Å². The second-order valence-corrected chi connectivity index (χ2v) is 5.90. The molecule has 2 N–H and O–H groups in total. The highest BCUT2D eigenvalue weighted by Crippen LogP contribution is 2.18. The van der Waals surface area contributed by atoms with Gasteiger partial charge in [-0.1, -0.05) is 30.3 Å². The van der Waals surface area contributed by atoms with Crippen molar-refractivity contribution in [3.05, 3.63) is 60.2 Å². The largest absolute Gasteiger partial charge is 0.381 e. The van der Waals surface area contributed by atoms with E-state index in [9.17, 15) is 4.79 Å². The van der Waals surface area contributed by atoms with E-state index in [-0.39, 0.29) is 5.91 Å². The Balaban J connectivity index is 1.47. The Morgan fingerprint density at radius 3 is 2.52 bits per heavy atom. The van der Waals surface area contributed by atoms with Gasteiger partial charge in [0.2, 0.25) is 5.91 Å². The SMILES string of the molecule is O=C(C[C@H]1CCOC1)Nc1ccc(CNc2ccccc2)cc1. The molecule has 3 rings (SSSR count). The molecule has 23 heavy (non-hydrogen) atoms. The molecular weight excluding hydrogens is 288 g/mol. The third kappa shape index (κ3) is 4.83. The van der Waals surface area contributed by atoms with Crippen LogP contribution in [0.25, 0.3) is 0 Å². The summed E-state index contributed by atoms with van der Waals surface area (Å²) in [7, 11) is 0. The normalized spacial score (nSPS) is 17.0. The summed E-state index contributed by atoms with van der Waals surface area (Å²) in [4.78, 5) is 12.0. The van der Waals surface area contributed by atoms with Gasteiger partial charge in [-0.2, -0.15) is 0 Å². The lowest BCUT2D eigenvalue weighted by molar-refractivity contribution is -0.117. The summed E-state index contributed by atoms with van der Waals surface area (Å²) < 4.78 is 5.30. The maximum atomic E-state index is 12.0. The Kier molecular flexibility index (Phi) is 5.27. The number of hydrogen-bond acceptors (Lipinski definition) is 3. The number of para-hydroxylation sites is 1. The fourth-order valence-corrected chi connectivity index (χ4v) is 2.68. The Morgan fingerprint density at radius 1 is 1.04 bits per heavy atom. The van der Waals surface area contributed by atoms with Crippen molar-refractivity contribution in [2.45, 2.75) is 19.4 Å². The number of ether oxygens (including phenoxy) is 1. The molecule has 1 aliphatic rings. The Bertz CT molecular complexity index is 620. The number of anilines is 2. The minimum absolute atomic E-state index is 0.0654. The van der Waals surface area contributed by atoms with Gasteiger partial charge in [-0.15, -0.1) is 0 Å². The fraction of sp³-hybridized carbons (Fsp3) is 0.316. The maximum absolute atomic E-state index is 12.0. The number of hydrogen-bond donors (Lipinski definition) is 2. The maximum Gasteiger partial charge on any atom is 0.224 e. The van der Waals surface area contributed by atoms with Crippen LogP contribution in [0.1, 0.15) is 18.4 Å². The van der Waals surface area contributed by atoms with Gasteiger partial charge >= 0.3 is 0 Å². The van der Waals surface area contributed by atoms with E-state index >= 15 is 0 Å². The minimum atomic E-state index is 0.0654. The van der Waals surface area contributed by atoms with Crippen LogP contribution in [0.3, 0.4) is 0 Å². The monoisotopic (exact) mass is 310 g/mol. The molecule has 1 heterocycles. The van der Waals surface area contributed by atoms with Crippen LogP contribution in [0.4, 0.5) is 11.4 Å². The second kappa shape index (κ2) is 7.79. The van der Waals surface area contributed by atoms with Gasteiger partial charge < -0.3 is 15.4 Å². The van der Waals surface area contributed by atoms with Crippen molar-refractivity contribution in [3.8, 4) is 0 Å². The van der Waals surface area contributed by atoms with Crippen molar-refractivity contribution in [1.29, 1.82) is 0 Å². The smallest absolute Gasteiger partial charge is 0.224 e. The third-order valence-electron chi connectivity index (χ3n) is 4.01. The van der Waals surface area contributed by atoms with Gasteiger partial charge in [0.15, 0.2) is 0 Å². The lowest BCUT2D eigenvalue weighted by Crippen LogP contribution is -2.16. The van der Waals surface area contributed by atoms with Gasteiger partial charge in [0.25, 0.3) is 0 Å². The average molecular weight is 310 g/mol. The topological polar surface area (TPSA) is 50.4 Å². The minimum Gasteiger partial charge on any atom is -0.381 e. The van der Waals surface area contributed by atoms with E-state index in [1.807, 2.05) is 54.6 Å². The van der Waals surface area contributed by atoms with Crippen molar-refractivity contribution in [2.24, 2.45) is 5.92 Å². The quantitative estimate of drug-likeness (QED) is 0.856. The first-order chi connectivity index (χ1) is 11.3. The number of rotatable bonds is 6. The summed E-state index contributed by atoms with van der Waals surface area (Å²) in [6, 6.07) is 18.1. The van der Waals surface area contributed by atoms with Gasteiger partial charge in [0.1, 0.15) is 0 Å². The molecule has 0 aliphatic carbocycles. The van der Waals surface area contributed by atoms with Crippen molar-refractivity contribution in [1.82, 2.24) is 0 Å². The molecule has 4 heteroatoms. The van der Waals surface area contributed by atoms with Crippen LogP contribution in [0.2, 0.25) is 0 Å². The Labute approximate surface area is 136 Å². The van der Waals surface area contributed by atoms with E-state index in [4.69, 9.17) is 4.74 Å². The molecule has 4 nitrogen and oxygen atoms in total. The number of nitrogens with one attached hydrogen (secondary N) is 2. The summed E-state index contributed by atoms with van der Waals surface area (Å²) in [6.07, 6.45) is 1.52. The van der Waals surface area contributed by atoms with Gasteiger partial charge in [-0.25, -0.2) is 0 Å². The van der Waals surface area contributed by atoms with E-state index in [1.165, 1.54) is 5.56 Å². The molecule has 1 fully saturated rings. The van der Waals surface area contributed by atoms with Crippen LogP contribution in [0.15, 0.2) is 54.6 Å². The van der Waals surface area contributed by atoms with E-state index in [1.54, 1.807) is 0 Å². The molecular formula is C19H22N2O2. The van der Waals surface area contributed by atoms with Crippen LogP contribution < -0.4 is 10.6 Å². The first kappa shape index (κ1) is 15.6. The second-order valence-electron chi connectivity index (χ2n) is 5.90. The van der Waals surface area contributed by atoms with Gasteiger partial charge in [-0.05, 0) is 42.2 Å². The molecule has 0 saturated carbocycles. The molecule has 1 amide bonds. The summed E-state index contributed by atoms with van der Waals surface area (Å²) in [5.74, 6) is 0.431. The highest BCUT2D eigenvalue weighted by atomic mass is 16.5. The van der Waals surface area contributed by atoms with E-state index in [2.05, 4.69) is 10.6 Å². The van der Waals surface area contributed by atoms with Crippen LogP contribution >= 0.6 is 0 Å². The van der Waals surface area contributed by atoms with Gasteiger partial charge in [0, 0.05) is 37.6 Å². The molecule has 0 unspecified atom stereocenters. The molecule has 2 aromatic carbocycles. The van der Waals surface area contributed by atoms with Crippen molar-refractivity contribution < 1.29 is 9.53 Å². The predicted molar refractivity (Wildman–Crippen MR) is 92.4 cm³/mol. The van der Waals surface area contributed by atoms with Gasteiger partial charge in [0.05, 0.1) is 0 Å². The molecule has 0 radical (unpaired) electrons. The first-order valence-electron chi connectivity index (χ1n) is 8.05. The van der Waals surface area contributed by atoms with Crippen LogP contribution in [-0.4, -0.2) is 19.1 Å². The van der Waals surface area contributed by atoms with Crippen molar-refractivity contribution in [3.63, 3.8) is 0 Å².